The van der Waals surface area contributed by atoms with Gasteiger partial charge in [-0.2, -0.15) is 5.26 Å². The molecule has 0 aliphatic heterocycles. The van der Waals surface area contributed by atoms with Crippen LogP contribution in [0.15, 0.2) is 35.4 Å². The number of fused-ring (bicyclic) bond motifs is 1. The molecule has 2 nitrogen and oxygen atoms in total. The first kappa shape index (κ1) is 12.9. The zero-order valence-corrected chi connectivity index (χ0v) is 11.7. The summed E-state index contributed by atoms with van der Waals surface area (Å²) in [6.07, 6.45) is 1.68. The second-order valence-corrected chi connectivity index (χ2v) is 6.08. The van der Waals surface area contributed by atoms with E-state index in [-0.39, 0.29) is 0 Å². The number of hydrogen-bond donors (Lipinski definition) is 0. The normalized spacial score (nSPS) is 12.6. The molecule has 0 radical (unpaired) electrons. The number of hydrogen-bond acceptors (Lipinski definition) is 3. The molecule has 0 N–H and O–H groups in total. The molecule has 0 aliphatic carbocycles. The Morgan fingerprint density at radius 1 is 1.22 bits per heavy atom. The van der Waals surface area contributed by atoms with Gasteiger partial charge in [-0.05, 0) is 12.0 Å². The molecule has 1 aromatic carbocycles. The lowest BCUT2D eigenvalue weighted by Gasteiger charge is -2.16. The minimum atomic E-state index is 0.475. The number of rotatable bonds is 3. The first-order chi connectivity index (χ1) is 8.63. The third kappa shape index (κ3) is 2.49. The molecule has 18 heavy (non-hydrogen) atoms. The first-order valence-electron chi connectivity index (χ1n) is 6.08. The summed E-state index contributed by atoms with van der Waals surface area (Å²) in [5.41, 5.74) is 1.63. The average Bonchev–Trinajstić information content (AvgIpc) is 2.39. The van der Waals surface area contributed by atoms with E-state index in [1.165, 1.54) is 0 Å². The topological polar surface area (TPSA) is 36.7 Å². The highest BCUT2D eigenvalue weighted by Gasteiger charge is 2.15. The van der Waals surface area contributed by atoms with Crippen LogP contribution >= 0.6 is 11.8 Å². The van der Waals surface area contributed by atoms with Gasteiger partial charge in [-0.1, -0.05) is 39.0 Å². The van der Waals surface area contributed by atoms with Crippen LogP contribution in [-0.2, 0) is 0 Å². The zero-order chi connectivity index (χ0) is 13.1. The minimum absolute atomic E-state index is 0.475. The number of aromatic nitrogens is 1. The van der Waals surface area contributed by atoms with Crippen molar-refractivity contribution in [1.29, 1.82) is 5.26 Å². The molecular formula is C15H16N2S. The molecule has 0 spiro atoms. The second-order valence-electron chi connectivity index (χ2n) is 4.70. The van der Waals surface area contributed by atoms with Crippen LogP contribution in [-0.4, -0.2) is 10.2 Å². The Labute approximate surface area is 112 Å². The van der Waals surface area contributed by atoms with Gasteiger partial charge < -0.3 is 0 Å². The van der Waals surface area contributed by atoms with Crippen molar-refractivity contribution in [3.05, 3.63) is 36.0 Å². The third-order valence-corrected chi connectivity index (χ3v) is 4.68. The predicted octanol–water partition coefficient (Wildman–Crippen LogP) is 4.24. The molecule has 3 heteroatoms. The van der Waals surface area contributed by atoms with Crippen molar-refractivity contribution >= 4 is 22.7 Å². The van der Waals surface area contributed by atoms with Crippen molar-refractivity contribution in [2.45, 2.75) is 30.9 Å². The van der Waals surface area contributed by atoms with Crippen molar-refractivity contribution < 1.29 is 0 Å². The van der Waals surface area contributed by atoms with E-state index in [1.807, 2.05) is 24.3 Å². The number of pyridine rings is 1. The van der Waals surface area contributed by atoms with E-state index < -0.39 is 0 Å². The SMILES string of the molecule is CC(C)C(C)Sc1c(C#N)cnc2ccccc12. The van der Waals surface area contributed by atoms with Crippen molar-refractivity contribution in [1.82, 2.24) is 4.98 Å². The zero-order valence-electron chi connectivity index (χ0n) is 10.8. The highest BCUT2D eigenvalue weighted by Crippen LogP contribution is 2.35. The van der Waals surface area contributed by atoms with E-state index in [2.05, 4.69) is 31.8 Å². The third-order valence-electron chi connectivity index (χ3n) is 3.09. The molecule has 1 heterocycles. The molecule has 0 saturated heterocycles. The lowest BCUT2D eigenvalue weighted by atomic mass is 10.1. The number of nitrogens with zero attached hydrogens (tertiary/aromatic N) is 2. The van der Waals surface area contributed by atoms with Crippen LogP contribution in [0.2, 0.25) is 0 Å². The van der Waals surface area contributed by atoms with Crippen LogP contribution < -0.4 is 0 Å². The first-order valence-corrected chi connectivity index (χ1v) is 6.96. The van der Waals surface area contributed by atoms with E-state index in [0.717, 1.165) is 15.8 Å². The van der Waals surface area contributed by atoms with Gasteiger partial charge in [0.05, 0.1) is 11.1 Å². The Kier molecular flexibility index (Phi) is 3.88. The molecular weight excluding hydrogens is 240 g/mol. The van der Waals surface area contributed by atoms with Crippen LogP contribution in [0, 0.1) is 17.2 Å². The summed E-state index contributed by atoms with van der Waals surface area (Å²) in [6, 6.07) is 10.2. The highest BCUT2D eigenvalue weighted by atomic mass is 32.2. The van der Waals surface area contributed by atoms with Gasteiger partial charge >= 0.3 is 0 Å². The fourth-order valence-electron chi connectivity index (χ4n) is 1.64. The monoisotopic (exact) mass is 256 g/mol. The fourth-order valence-corrected chi connectivity index (χ4v) is 2.81. The standard InChI is InChI=1S/C15H16N2S/c1-10(2)11(3)18-15-12(8-16)9-17-14-7-5-4-6-13(14)15/h4-7,9-11H,1-3H3. The number of nitriles is 1. The molecule has 0 aliphatic rings. The van der Waals surface area contributed by atoms with Gasteiger partial charge in [-0.25, -0.2) is 0 Å². The minimum Gasteiger partial charge on any atom is -0.255 e. The van der Waals surface area contributed by atoms with Crippen molar-refractivity contribution in [3.8, 4) is 6.07 Å². The van der Waals surface area contributed by atoms with Crippen LogP contribution in [0.25, 0.3) is 10.9 Å². The Morgan fingerprint density at radius 3 is 2.61 bits per heavy atom. The van der Waals surface area contributed by atoms with E-state index in [4.69, 9.17) is 0 Å². The number of benzene rings is 1. The van der Waals surface area contributed by atoms with Crippen LogP contribution in [0.4, 0.5) is 0 Å². The fraction of sp³-hybridized carbons (Fsp3) is 0.333. The maximum atomic E-state index is 9.23. The van der Waals surface area contributed by atoms with Gasteiger partial charge in [0.2, 0.25) is 0 Å². The molecule has 1 aromatic heterocycles. The summed E-state index contributed by atoms with van der Waals surface area (Å²) in [6.45, 7) is 6.60. The van der Waals surface area contributed by atoms with Crippen molar-refractivity contribution in [2.75, 3.05) is 0 Å². The highest BCUT2D eigenvalue weighted by molar-refractivity contribution is 8.00. The van der Waals surface area contributed by atoms with Gasteiger partial charge in [0.15, 0.2) is 0 Å². The lowest BCUT2D eigenvalue weighted by molar-refractivity contribution is 0.642. The molecule has 0 bridgehead atoms. The average molecular weight is 256 g/mol. The molecule has 92 valence electrons. The largest absolute Gasteiger partial charge is 0.255 e. The maximum Gasteiger partial charge on any atom is 0.102 e. The van der Waals surface area contributed by atoms with E-state index >= 15 is 0 Å². The molecule has 0 fully saturated rings. The van der Waals surface area contributed by atoms with Gasteiger partial charge in [-0.15, -0.1) is 11.8 Å². The summed E-state index contributed by atoms with van der Waals surface area (Å²) in [5.74, 6) is 0.577. The van der Waals surface area contributed by atoms with Crippen LogP contribution in [0.5, 0.6) is 0 Å². The lowest BCUT2D eigenvalue weighted by Crippen LogP contribution is -2.06. The van der Waals surface area contributed by atoms with Crippen LogP contribution in [0.3, 0.4) is 0 Å². The molecule has 1 atom stereocenters. The smallest absolute Gasteiger partial charge is 0.102 e. The predicted molar refractivity (Wildman–Crippen MR) is 76.6 cm³/mol. The summed E-state index contributed by atoms with van der Waals surface area (Å²) < 4.78 is 0. The van der Waals surface area contributed by atoms with E-state index in [9.17, 15) is 5.26 Å². The summed E-state index contributed by atoms with van der Waals surface area (Å²) in [4.78, 5) is 5.39. The Morgan fingerprint density at radius 2 is 1.94 bits per heavy atom. The summed E-state index contributed by atoms with van der Waals surface area (Å²) in [5, 5.41) is 10.8. The second kappa shape index (κ2) is 5.41. The summed E-state index contributed by atoms with van der Waals surface area (Å²) in [7, 11) is 0. The Balaban J connectivity index is 2.55. The maximum absolute atomic E-state index is 9.23. The van der Waals surface area contributed by atoms with Gasteiger partial charge in [0.1, 0.15) is 6.07 Å². The number of para-hydroxylation sites is 1. The van der Waals surface area contributed by atoms with Crippen molar-refractivity contribution in [3.63, 3.8) is 0 Å². The Hall–Kier alpha value is -1.53. The molecule has 2 aromatic rings. The van der Waals surface area contributed by atoms with Gasteiger partial charge in [0, 0.05) is 21.7 Å². The van der Waals surface area contributed by atoms with Gasteiger partial charge in [0.25, 0.3) is 0 Å². The quantitative estimate of drug-likeness (QED) is 0.771. The van der Waals surface area contributed by atoms with Crippen molar-refractivity contribution in [2.24, 2.45) is 5.92 Å². The summed E-state index contributed by atoms with van der Waals surface area (Å²) >= 11 is 1.77. The molecule has 0 amide bonds. The van der Waals surface area contributed by atoms with E-state index in [0.29, 0.717) is 16.7 Å². The van der Waals surface area contributed by atoms with E-state index in [1.54, 1.807) is 18.0 Å². The molecule has 1 unspecified atom stereocenters. The van der Waals surface area contributed by atoms with Crippen LogP contribution in [0.1, 0.15) is 26.3 Å². The number of thioether (sulfide) groups is 1. The van der Waals surface area contributed by atoms with Gasteiger partial charge in [-0.3, -0.25) is 4.98 Å². The molecule has 0 saturated carbocycles. The molecule has 2 rings (SSSR count). The Bertz CT molecular complexity index is 599.